The average Bonchev–Trinajstić information content (AvgIpc) is 3.19. The summed E-state index contributed by atoms with van der Waals surface area (Å²) in [4.78, 5) is 24.2. The summed E-state index contributed by atoms with van der Waals surface area (Å²) in [5.74, 6) is -0.265. The third-order valence-corrected chi connectivity index (χ3v) is 3.51. The van der Waals surface area contributed by atoms with Crippen molar-refractivity contribution in [3.05, 3.63) is 28.7 Å². The number of carbonyl (C=O) groups excluding carboxylic acids is 1. The molecule has 0 unspecified atom stereocenters. The number of benzene rings is 1. The fraction of sp³-hybridized carbons (Fsp3) is 0.429. The van der Waals surface area contributed by atoms with E-state index in [1.165, 1.54) is 4.90 Å². The van der Waals surface area contributed by atoms with Crippen LogP contribution in [0.2, 0.25) is 0 Å². The van der Waals surface area contributed by atoms with Crippen LogP contribution >= 0.6 is 15.9 Å². The van der Waals surface area contributed by atoms with Gasteiger partial charge in [0.1, 0.15) is 12.3 Å². The quantitative estimate of drug-likeness (QED) is 0.825. The largest absolute Gasteiger partial charge is 0.484 e. The lowest BCUT2D eigenvalue weighted by atomic mass is 10.3. The summed E-state index contributed by atoms with van der Waals surface area (Å²) in [6, 6.07) is 7.18. The van der Waals surface area contributed by atoms with Crippen molar-refractivity contribution in [2.24, 2.45) is 5.92 Å². The van der Waals surface area contributed by atoms with Crippen LogP contribution in [0.4, 0.5) is 0 Å². The molecule has 0 saturated heterocycles. The Morgan fingerprint density at radius 1 is 1.40 bits per heavy atom. The minimum Gasteiger partial charge on any atom is -0.484 e. The van der Waals surface area contributed by atoms with Crippen molar-refractivity contribution in [2.75, 3.05) is 19.7 Å². The second-order valence-corrected chi connectivity index (χ2v) is 5.77. The second-order valence-electron chi connectivity index (χ2n) is 4.86. The van der Waals surface area contributed by atoms with Crippen molar-refractivity contribution in [3.8, 4) is 5.75 Å². The third-order valence-electron chi connectivity index (χ3n) is 3.01. The highest BCUT2D eigenvalue weighted by molar-refractivity contribution is 9.10. The van der Waals surface area contributed by atoms with Crippen LogP contribution in [0.15, 0.2) is 28.7 Å². The smallest absolute Gasteiger partial charge is 0.323 e. The number of halogens is 1. The Kier molecular flexibility index (Phi) is 5.00. The van der Waals surface area contributed by atoms with Gasteiger partial charge in [-0.1, -0.05) is 22.0 Å². The molecule has 0 spiro atoms. The van der Waals surface area contributed by atoms with Gasteiger partial charge < -0.3 is 14.7 Å². The van der Waals surface area contributed by atoms with Crippen molar-refractivity contribution in [3.63, 3.8) is 0 Å². The molecule has 1 aliphatic rings. The molecule has 2 rings (SSSR count). The molecular formula is C14H16BrNO4. The number of hydrogen-bond donors (Lipinski definition) is 1. The first kappa shape index (κ1) is 14.8. The van der Waals surface area contributed by atoms with E-state index < -0.39 is 5.97 Å². The summed E-state index contributed by atoms with van der Waals surface area (Å²) in [6.45, 7) is 0.0978. The van der Waals surface area contributed by atoms with E-state index in [4.69, 9.17) is 9.84 Å². The van der Waals surface area contributed by atoms with Crippen LogP contribution in [0.5, 0.6) is 5.75 Å². The maximum absolute atomic E-state index is 12.0. The summed E-state index contributed by atoms with van der Waals surface area (Å²) >= 11 is 3.32. The molecule has 1 aromatic carbocycles. The van der Waals surface area contributed by atoms with Crippen molar-refractivity contribution >= 4 is 27.8 Å². The van der Waals surface area contributed by atoms with Gasteiger partial charge in [-0.25, -0.2) is 0 Å². The first-order chi connectivity index (χ1) is 9.54. The van der Waals surface area contributed by atoms with E-state index in [0.717, 1.165) is 17.3 Å². The van der Waals surface area contributed by atoms with Gasteiger partial charge in [-0.15, -0.1) is 0 Å². The van der Waals surface area contributed by atoms with Crippen molar-refractivity contribution in [2.45, 2.75) is 12.8 Å². The molecule has 108 valence electrons. The van der Waals surface area contributed by atoms with E-state index in [9.17, 15) is 9.59 Å². The number of aliphatic carboxylic acids is 1. The van der Waals surface area contributed by atoms with E-state index in [1.807, 2.05) is 12.1 Å². The lowest BCUT2D eigenvalue weighted by molar-refractivity contribution is -0.145. The number of carboxylic acids is 1. The molecule has 6 heteroatoms. The molecule has 1 N–H and O–H groups in total. The van der Waals surface area contributed by atoms with E-state index >= 15 is 0 Å². The van der Waals surface area contributed by atoms with E-state index in [0.29, 0.717) is 18.2 Å². The zero-order valence-electron chi connectivity index (χ0n) is 10.9. The first-order valence-corrected chi connectivity index (χ1v) is 7.22. The normalized spacial score (nSPS) is 13.8. The van der Waals surface area contributed by atoms with Crippen LogP contribution in [-0.4, -0.2) is 41.6 Å². The second kappa shape index (κ2) is 6.74. The van der Waals surface area contributed by atoms with Crippen LogP contribution in [0.3, 0.4) is 0 Å². The third kappa shape index (κ3) is 4.85. The first-order valence-electron chi connectivity index (χ1n) is 6.42. The van der Waals surface area contributed by atoms with Crippen molar-refractivity contribution in [1.82, 2.24) is 4.90 Å². The van der Waals surface area contributed by atoms with Crippen LogP contribution in [0, 0.1) is 5.92 Å². The van der Waals surface area contributed by atoms with E-state index in [2.05, 4.69) is 15.9 Å². The van der Waals surface area contributed by atoms with Crippen LogP contribution in [0.1, 0.15) is 12.8 Å². The Morgan fingerprint density at radius 2 is 2.15 bits per heavy atom. The molecule has 0 atom stereocenters. The molecule has 1 saturated carbocycles. The maximum Gasteiger partial charge on any atom is 0.323 e. The SMILES string of the molecule is O=C(O)CN(CC1CC1)C(=O)COc1cccc(Br)c1. The lowest BCUT2D eigenvalue weighted by Gasteiger charge is -2.20. The van der Waals surface area contributed by atoms with Gasteiger partial charge in [0, 0.05) is 11.0 Å². The fourth-order valence-corrected chi connectivity index (χ4v) is 2.20. The fourth-order valence-electron chi connectivity index (χ4n) is 1.82. The number of amides is 1. The summed E-state index contributed by atoms with van der Waals surface area (Å²) in [7, 11) is 0. The molecule has 5 nitrogen and oxygen atoms in total. The van der Waals surface area contributed by atoms with Gasteiger partial charge >= 0.3 is 5.97 Å². The number of carbonyl (C=O) groups is 2. The lowest BCUT2D eigenvalue weighted by Crippen LogP contribution is -2.40. The molecule has 20 heavy (non-hydrogen) atoms. The minimum absolute atomic E-state index is 0.142. The van der Waals surface area contributed by atoms with Crippen LogP contribution in [-0.2, 0) is 9.59 Å². The Morgan fingerprint density at radius 3 is 2.75 bits per heavy atom. The number of carboxylic acid groups (broad SMARTS) is 1. The number of hydrogen-bond acceptors (Lipinski definition) is 3. The van der Waals surface area contributed by atoms with Crippen LogP contribution in [0.25, 0.3) is 0 Å². The molecular weight excluding hydrogens is 326 g/mol. The predicted octanol–water partition coefficient (Wildman–Crippen LogP) is 2.15. The molecule has 1 fully saturated rings. The van der Waals surface area contributed by atoms with Crippen LogP contribution < -0.4 is 4.74 Å². The van der Waals surface area contributed by atoms with Crippen molar-refractivity contribution < 1.29 is 19.4 Å². The Hall–Kier alpha value is -1.56. The van der Waals surface area contributed by atoms with E-state index in [-0.39, 0.29) is 19.1 Å². The number of nitrogens with zero attached hydrogens (tertiary/aromatic N) is 1. The summed E-state index contributed by atoms with van der Waals surface area (Å²) in [5, 5.41) is 8.85. The summed E-state index contributed by atoms with van der Waals surface area (Å²) in [6.07, 6.45) is 2.13. The van der Waals surface area contributed by atoms with E-state index in [1.54, 1.807) is 12.1 Å². The highest BCUT2D eigenvalue weighted by Crippen LogP contribution is 2.29. The number of ether oxygens (including phenoxy) is 1. The monoisotopic (exact) mass is 341 g/mol. The van der Waals surface area contributed by atoms with Gasteiger partial charge in [-0.3, -0.25) is 9.59 Å². The molecule has 0 heterocycles. The Balaban J connectivity index is 1.88. The Labute approximate surface area is 125 Å². The average molecular weight is 342 g/mol. The van der Waals surface area contributed by atoms with Gasteiger partial charge in [0.05, 0.1) is 0 Å². The molecule has 1 aliphatic carbocycles. The van der Waals surface area contributed by atoms with Gasteiger partial charge in [0.2, 0.25) is 0 Å². The zero-order chi connectivity index (χ0) is 14.5. The highest BCUT2D eigenvalue weighted by atomic mass is 79.9. The summed E-state index contributed by atoms with van der Waals surface area (Å²) in [5.41, 5.74) is 0. The molecule has 1 aromatic rings. The van der Waals surface area contributed by atoms with Gasteiger partial charge in [-0.05, 0) is 37.0 Å². The van der Waals surface area contributed by atoms with Gasteiger partial charge in [-0.2, -0.15) is 0 Å². The predicted molar refractivity (Wildman–Crippen MR) is 76.6 cm³/mol. The van der Waals surface area contributed by atoms with Gasteiger partial charge in [0.15, 0.2) is 6.61 Å². The molecule has 1 amide bonds. The molecule has 0 aromatic heterocycles. The number of rotatable bonds is 7. The minimum atomic E-state index is -0.999. The van der Waals surface area contributed by atoms with Gasteiger partial charge in [0.25, 0.3) is 5.91 Å². The Bertz CT molecular complexity index is 502. The molecule has 0 bridgehead atoms. The standard InChI is InChI=1S/C14H16BrNO4/c15-11-2-1-3-12(6-11)20-9-13(17)16(8-14(18)19)7-10-4-5-10/h1-3,6,10H,4-5,7-9H2,(H,18,19). The maximum atomic E-state index is 12.0. The zero-order valence-corrected chi connectivity index (χ0v) is 12.5. The van der Waals surface area contributed by atoms with Crippen molar-refractivity contribution in [1.29, 1.82) is 0 Å². The highest BCUT2D eigenvalue weighted by Gasteiger charge is 2.28. The molecule has 0 radical (unpaired) electrons. The molecule has 0 aliphatic heterocycles. The topological polar surface area (TPSA) is 66.8 Å². The summed E-state index contributed by atoms with van der Waals surface area (Å²) < 4.78 is 6.26.